The van der Waals surface area contributed by atoms with Gasteiger partial charge in [0.1, 0.15) is 5.75 Å². The molecular formula is C14H16ClN3O2. The van der Waals surface area contributed by atoms with Gasteiger partial charge in [0, 0.05) is 6.54 Å². The number of rotatable bonds is 2. The lowest BCUT2D eigenvalue weighted by Crippen LogP contribution is -2.37. The number of methoxy groups -OCH3 is 1. The van der Waals surface area contributed by atoms with Gasteiger partial charge in [0.2, 0.25) is 5.28 Å². The van der Waals surface area contributed by atoms with Crippen molar-refractivity contribution in [1.29, 1.82) is 0 Å². The summed E-state index contributed by atoms with van der Waals surface area (Å²) in [6.45, 7) is 1.73. The normalized spacial score (nSPS) is 19.2. The van der Waals surface area contributed by atoms with Gasteiger partial charge in [0.25, 0.3) is 5.56 Å². The number of halogens is 1. The first-order valence-electron chi connectivity index (χ1n) is 6.67. The molecule has 106 valence electrons. The average Bonchev–Trinajstić information content (AvgIpc) is 2.48. The third-order valence-electron chi connectivity index (χ3n) is 3.70. The van der Waals surface area contributed by atoms with Crippen LogP contribution in [0.25, 0.3) is 10.9 Å². The highest BCUT2D eigenvalue weighted by molar-refractivity contribution is 6.28. The molecule has 0 radical (unpaired) electrons. The summed E-state index contributed by atoms with van der Waals surface area (Å²) < 4.78 is 6.76. The van der Waals surface area contributed by atoms with Gasteiger partial charge in [-0.3, -0.25) is 9.36 Å². The first-order valence-corrected chi connectivity index (χ1v) is 7.05. The van der Waals surface area contributed by atoms with Crippen LogP contribution in [0, 0.1) is 0 Å². The van der Waals surface area contributed by atoms with Crippen LogP contribution < -0.4 is 15.6 Å². The molecule has 2 aromatic rings. The van der Waals surface area contributed by atoms with Crippen molar-refractivity contribution in [3.8, 4) is 5.75 Å². The first-order chi connectivity index (χ1) is 9.70. The molecule has 20 heavy (non-hydrogen) atoms. The van der Waals surface area contributed by atoms with Crippen molar-refractivity contribution >= 4 is 22.5 Å². The van der Waals surface area contributed by atoms with E-state index in [-0.39, 0.29) is 16.9 Å². The Balaban J connectivity index is 2.18. The van der Waals surface area contributed by atoms with Gasteiger partial charge in [-0.2, -0.15) is 0 Å². The molecule has 0 amide bonds. The lowest BCUT2D eigenvalue weighted by atomic mass is 10.1. The van der Waals surface area contributed by atoms with E-state index in [1.165, 1.54) is 0 Å². The molecule has 2 heterocycles. The van der Waals surface area contributed by atoms with Crippen molar-refractivity contribution in [1.82, 2.24) is 14.9 Å². The Morgan fingerprint density at radius 1 is 1.50 bits per heavy atom. The van der Waals surface area contributed by atoms with E-state index in [9.17, 15) is 4.79 Å². The van der Waals surface area contributed by atoms with E-state index in [1.54, 1.807) is 29.9 Å². The van der Waals surface area contributed by atoms with Gasteiger partial charge < -0.3 is 10.1 Å². The van der Waals surface area contributed by atoms with Crippen LogP contribution in [0.2, 0.25) is 5.28 Å². The highest BCUT2D eigenvalue weighted by Crippen LogP contribution is 2.22. The molecule has 3 rings (SSSR count). The SMILES string of the molecule is COc1ccc2nc(Cl)n(C3CCCNC3)c(=O)c2c1. The van der Waals surface area contributed by atoms with Gasteiger partial charge in [0.15, 0.2) is 0 Å². The van der Waals surface area contributed by atoms with Gasteiger partial charge in [-0.25, -0.2) is 4.98 Å². The van der Waals surface area contributed by atoms with E-state index in [0.29, 0.717) is 16.7 Å². The maximum Gasteiger partial charge on any atom is 0.262 e. The topological polar surface area (TPSA) is 56.1 Å². The second-order valence-electron chi connectivity index (χ2n) is 4.94. The lowest BCUT2D eigenvalue weighted by Gasteiger charge is -2.25. The molecule has 1 aromatic heterocycles. The monoisotopic (exact) mass is 293 g/mol. The van der Waals surface area contributed by atoms with Crippen LogP contribution in [0.5, 0.6) is 5.75 Å². The zero-order chi connectivity index (χ0) is 14.1. The van der Waals surface area contributed by atoms with Crippen molar-refractivity contribution in [2.45, 2.75) is 18.9 Å². The molecule has 1 fully saturated rings. The molecule has 1 unspecified atom stereocenters. The molecule has 1 atom stereocenters. The number of ether oxygens (including phenoxy) is 1. The predicted molar refractivity (Wildman–Crippen MR) is 78.7 cm³/mol. The number of nitrogens with zero attached hydrogens (tertiary/aromatic N) is 2. The molecule has 0 saturated carbocycles. The van der Waals surface area contributed by atoms with Crippen molar-refractivity contribution in [2.75, 3.05) is 20.2 Å². The summed E-state index contributed by atoms with van der Waals surface area (Å²) in [5.74, 6) is 0.645. The number of hydrogen-bond donors (Lipinski definition) is 1. The highest BCUT2D eigenvalue weighted by Gasteiger charge is 2.20. The summed E-state index contributed by atoms with van der Waals surface area (Å²) in [7, 11) is 1.58. The Morgan fingerprint density at radius 3 is 3.05 bits per heavy atom. The fraction of sp³-hybridized carbons (Fsp3) is 0.429. The molecule has 0 bridgehead atoms. The van der Waals surface area contributed by atoms with E-state index in [1.807, 2.05) is 0 Å². The quantitative estimate of drug-likeness (QED) is 0.860. The van der Waals surface area contributed by atoms with Gasteiger partial charge in [-0.15, -0.1) is 0 Å². The Labute approximate surface area is 121 Å². The summed E-state index contributed by atoms with van der Waals surface area (Å²) in [5, 5.41) is 4.08. The Morgan fingerprint density at radius 2 is 2.35 bits per heavy atom. The molecule has 1 aromatic carbocycles. The van der Waals surface area contributed by atoms with Crippen LogP contribution in [-0.2, 0) is 0 Å². The minimum Gasteiger partial charge on any atom is -0.497 e. The van der Waals surface area contributed by atoms with Crippen molar-refractivity contribution in [3.05, 3.63) is 33.8 Å². The van der Waals surface area contributed by atoms with E-state index in [2.05, 4.69) is 10.3 Å². The first kappa shape index (κ1) is 13.4. The maximum atomic E-state index is 12.7. The number of hydrogen-bond acceptors (Lipinski definition) is 4. The minimum atomic E-state index is -0.104. The van der Waals surface area contributed by atoms with Crippen LogP contribution in [0.1, 0.15) is 18.9 Å². The Kier molecular flexibility index (Phi) is 3.63. The summed E-state index contributed by atoms with van der Waals surface area (Å²) in [6.07, 6.45) is 1.97. The summed E-state index contributed by atoms with van der Waals surface area (Å²) in [5.41, 5.74) is 0.494. The van der Waals surface area contributed by atoms with Gasteiger partial charge >= 0.3 is 0 Å². The molecule has 1 aliphatic rings. The van der Waals surface area contributed by atoms with Crippen LogP contribution in [-0.4, -0.2) is 29.8 Å². The third kappa shape index (κ3) is 2.27. The predicted octanol–water partition coefficient (Wildman–Crippen LogP) is 1.98. The van der Waals surface area contributed by atoms with E-state index in [4.69, 9.17) is 16.3 Å². The number of nitrogens with one attached hydrogen (secondary N) is 1. The molecular weight excluding hydrogens is 278 g/mol. The number of aromatic nitrogens is 2. The fourth-order valence-electron chi connectivity index (χ4n) is 2.65. The summed E-state index contributed by atoms with van der Waals surface area (Å²) in [4.78, 5) is 17.0. The number of fused-ring (bicyclic) bond motifs is 1. The van der Waals surface area contributed by atoms with E-state index in [0.717, 1.165) is 25.9 Å². The van der Waals surface area contributed by atoms with Gasteiger partial charge in [-0.05, 0) is 49.2 Å². The second kappa shape index (κ2) is 5.42. The summed E-state index contributed by atoms with van der Waals surface area (Å²) >= 11 is 6.21. The van der Waals surface area contributed by atoms with Crippen molar-refractivity contribution < 1.29 is 4.74 Å². The Bertz CT molecular complexity index is 693. The lowest BCUT2D eigenvalue weighted by molar-refractivity contribution is 0.363. The maximum absolute atomic E-state index is 12.7. The molecule has 1 aliphatic heterocycles. The van der Waals surface area contributed by atoms with E-state index >= 15 is 0 Å². The second-order valence-corrected chi connectivity index (χ2v) is 5.28. The van der Waals surface area contributed by atoms with Crippen molar-refractivity contribution in [2.24, 2.45) is 0 Å². The third-order valence-corrected chi connectivity index (χ3v) is 3.97. The number of piperidine rings is 1. The smallest absolute Gasteiger partial charge is 0.262 e. The van der Waals surface area contributed by atoms with Crippen LogP contribution >= 0.6 is 11.6 Å². The zero-order valence-corrected chi connectivity index (χ0v) is 12.0. The standard InChI is InChI=1S/C14H16ClN3O2/c1-20-10-4-5-12-11(7-10)13(19)18(14(15)17-12)9-3-2-6-16-8-9/h4-5,7,9,16H,2-3,6,8H2,1H3. The van der Waals surface area contributed by atoms with Crippen LogP contribution in [0.15, 0.2) is 23.0 Å². The highest BCUT2D eigenvalue weighted by atomic mass is 35.5. The van der Waals surface area contributed by atoms with E-state index < -0.39 is 0 Å². The fourth-order valence-corrected chi connectivity index (χ4v) is 2.95. The Hall–Kier alpha value is -1.59. The molecule has 1 saturated heterocycles. The van der Waals surface area contributed by atoms with Gasteiger partial charge in [0.05, 0.1) is 24.1 Å². The molecule has 6 heteroatoms. The van der Waals surface area contributed by atoms with Gasteiger partial charge in [-0.1, -0.05) is 0 Å². The molecule has 0 aliphatic carbocycles. The minimum absolute atomic E-state index is 0.0619. The van der Waals surface area contributed by atoms with Crippen LogP contribution in [0.3, 0.4) is 0 Å². The average molecular weight is 294 g/mol. The summed E-state index contributed by atoms with van der Waals surface area (Å²) in [6, 6.07) is 5.31. The van der Waals surface area contributed by atoms with Crippen LogP contribution in [0.4, 0.5) is 0 Å². The largest absolute Gasteiger partial charge is 0.497 e. The molecule has 0 spiro atoms. The van der Waals surface area contributed by atoms with Crippen molar-refractivity contribution in [3.63, 3.8) is 0 Å². The zero-order valence-electron chi connectivity index (χ0n) is 11.2. The molecule has 5 nitrogen and oxygen atoms in total. The molecule has 1 N–H and O–H groups in total. The number of benzene rings is 1.